The summed E-state index contributed by atoms with van der Waals surface area (Å²) in [7, 11) is 0. The van der Waals surface area contributed by atoms with Gasteiger partial charge in [0.25, 0.3) is 5.56 Å². The molecule has 1 aromatic heterocycles. The van der Waals surface area contributed by atoms with Crippen molar-refractivity contribution in [2.24, 2.45) is 0 Å². The summed E-state index contributed by atoms with van der Waals surface area (Å²) in [5.74, 6) is 0.627. The lowest BCUT2D eigenvalue weighted by Gasteiger charge is -2.11. The van der Waals surface area contributed by atoms with Crippen LogP contribution in [-0.4, -0.2) is 23.7 Å². The number of carbonyl (C=O) groups is 1. The summed E-state index contributed by atoms with van der Waals surface area (Å²) in [6, 6.07) is 11.0. The fourth-order valence-electron chi connectivity index (χ4n) is 2.96. The third kappa shape index (κ3) is 3.13. The summed E-state index contributed by atoms with van der Waals surface area (Å²) in [6.45, 7) is 3.66. The predicted molar refractivity (Wildman–Crippen MR) is 89.0 cm³/mol. The highest BCUT2D eigenvalue weighted by atomic mass is 16.5. The Morgan fingerprint density at radius 1 is 1.17 bits per heavy atom. The molecular weight excluding hydrogens is 292 g/mol. The van der Waals surface area contributed by atoms with E-state index in [1.807, 2.05) is 24.3 Å². The maximum absolute atomic E-state index is 12.0. The van der Waals surface area contributed by atoms with E-state index in [0.29, 0.717) is 18.7 Å². The zero-order valence-electron chi connectivity index (χ0n) is 13.2. The van der Waals surface area contributed by atoms with Gasteiger partial charge in [-0.25, -0.2) is 4.79 Å². The Bertz CT molecular complexity index is 780. The summed E-state index contributed by atoms with van der Waals surface area (Å²) in [5.41, 5.74) is 2.71. The molecule has 0 fully saturated rings. The highest BCUT2D eigenvalue weighted by molar-refractivity contribution is 5.91. The third-order valence-electron chi connectivity index (χ3n) is 4.07. The van der Waals surface area contributed by atoms with Crippen LogP contribution in [0.3, 0.4) is 0 Å². The number of rotatable bonds is 5. The Morgan fingerprint density at radius 2 is 1.96 bits per heavy atom. The molecule has 0 saturated heterocycles. The quantitative estimate of drug-likeness (QED) is 0.860. The average Bonchev–Trinajstić information content (AvgIpc) is 3.05. The second kappa shape index (κ2) is 6.69. The molecule has 0 bridgehead atoms. The lowest BCUT2D eigenvalue weighted by molar-refractivity contribution is 0.0525. The van der Waals surface area contributed by atoms with Gasteiger partial charge in [-0.3, -0.25) is 9.36 Å². The topological polar surface area (TPSA) is 60.3 Å². The van der Waals surface area contributed by atoms with Gasteiger partial charge < -0.3 is 10.1 Å². The fraction of sp³-hybridized carbons (Fsp3) is 0.333. The molecule has 23 heavy (non-hydrogen) atoms. The SMILES string of the molecule is CCOC(=O)c1ccccc1CCc1ccc(=O)n2c1NCC2. The molecule has 1 N–H and O–H groups in total. The molecule has 1 aliphatic rings. The number of ether oxygens (including phenoxy) is 1. The minimum Gasteiger partial charge on any atom is -0.462 e. The zero-order chi connectivity index (χ0) is 16.2. The van der Waals surface area contributed by atoms with E-state index >= 15 is 0 Å². The molecular formula is C18H20N2O3. The van der Waals surface area contributed by atoms with Crippen LogP contribution in [0.4, 0.5) is 5.82 Å². The van der Waals surface area contributed by atoms with Crippen molar-refractivity contribution in [3.63, 3.8) is 0 Å². The number of hydrogen-bond acceptors (Lipinski definition) is 4. The van der Waals surface area contributed by atoms with Gasteiger partial charge in [0, 0.05) is 19.2 Å². The van der Waals surface area contributed by atoms with E-state index in [-0.39, 0.29) is 11.5 Å². The van der Waals surface area contributed by atoms with E-state index in [1.165, 1.54) is 0 Å². The van der Waals surface area contributed by atoms with Crippen molar-refractivity contribution in [3.05, 3.63) is 63.4 Å². The summed E-state index contributed by atoms with van der Waals surface area (Å²) in [6.07, 6.45) is 1.49. The fourth-order valence-corrected chi connectivity index (χ4v) is 2.96. The number of benzene rings is 1. The van der Waals surface area contributed by atoms with E-state index in [0.717, 1.165) is 36.3 Å². The second-order valence-electron chi connectivity index (χ2n) is 5.50. The number of nitrogens with one attached hydrogen (secondary N) is 1. The molecule has 0 radical (unpaired) electrons. The van der Waals surface area contributed by atoms with Crippen molar-refractivity contribution < 1.29 is 9.53 Å². The number of fused-ring (bicyclic) bond motifs is 1. The highest BCUT2D eigenvalue weighted by Gasteiger charge is 2.16. The third-order valence-corrected chi connectivity index (χ3v) is 4.07. The van der Waals surface area contributed by atoms with Gasteiger partial charge in [-0.1, -0.05) is 18.2 Å². The van der Waals surface area contributed by atoms with Crippen molar-refractivity contribution in [1.82, 2.24) is 4.57 Å². The molecule has 0 saturated carbocycles. The second-order valence-corrected chi connectivity index (χ2v) is 5.50. The summed E-state index contributed by atoms with van der Waals surface area (Å²) in [5, 5.41) is 3.27. The number of hydrogen-bond donors (Lipinski definition) is 1. The van der Waals surface area contributed by atoms with Crippen LogP contribution < -0.4 is 10.9 Å². The van der Waals surface area contributed by atoms with Crippen LogP contribution in [0, 0.1) is 0 Å². The van der Waals surface area contributed by atoms with E-state index in [2.05, 4.69) is 5.32 Å². The first kappa shape index (κ1) is 15.3. The Kier molecular flexibility index (Phi) is 4.46. The van der Waals surface area contributed by atoms with Gasteiger partial charge in [0.1, 0.15) is 5.82 Å². The van der Waals surface area contributed by atoms with Crippen LogP contribution in [0.1, 0.15) is 28.4 Å². The van der Waals surface area contributed by atoms with Crippen molar-refractivity contribution >= 4 is 11.8 Å². The molecule has 1 aliphatic heterocycles. The summed E-state index contributed by atoms with van der Waals surface area (Å²) < 4.78 is 6.88. The van der Waals surface area contributed by atoms with Crippen molar-refractivity contribution in [1.29, 1.82) is 0 Å². The summed E-state index contributed by atoms with van der Waals surface area (Å²) in [4.78, 5) is 23.8. The van der Waals surface area contributed by atoms with Gasteiger partial charge in [-0.05, 0) is 43.0 Å². The lowest BCUT2D eigenvalue weighted by Crippen LogP contribution is -2.17. The van der Waals surface area contributed by atoms with Gasteiger partial charge in [-0.15, -0.1) is 0 Å². The molecule has 3 rings (SSSR count). The minimum absolute atomic E-state index is 0.0284. The molecule has 5 nitrogen and oxygen atoms in total. The van der Waals surface area contributed by atoms with Crippen LogP contribution in [0.15, 0.2) is 41.2 Å². The van der Waals surface area contributed by atoms with Gasteiger partial charge in [-0.2, -0.15) is 0 Å². The number of anilines is 1. The highest BCUT2D eigenvalue weighted by Crippen LogP contribution is 2.20. The van der Waals surface area contributed by atoms with Gasteiger partial charge >= 0.3 is 5.97 Å². The largest absolute Gasteiger partial charge is 0.462 e. The Balaban J connectivity index is 1.81. The van der Waals surface area contributed by atoms with Crippen molar-refractivity contribution in [3.8, 4) is 0 Å². The van der Waals surface area contributed by atoms with E-state index < -0.39 is 0 Å². The first-order valence-corrected chi connectivity index (χ1v) is 7.92. The van der Waals surface area contributed by atoms with Crippen LogP contribution in [0.5, 0.6) is 0 Å². The van der Waals surface area contributed by atoms with Gasteiger partial charge in [0.2, 0.25) is 0 Å². The monoisotopic (exact) mass is 312 g/mol. The normalized spacial score (nSPS) is 12.6. The Morgan fingerprint density at radius 3 is 2.78 bits per heavy atom. The van der Waals surface area contributed by atoms with Crippen LogP contribution in [0.2, 0.25) is 0 Å². The number of aromatic nitrogens is 1. The molecule has 0 amide bonds. The molecule has 0 unspecified atom stereocenters. The molecule has 5 heteroatoms. The molecule has 0 spiro atoms. The first-order valence-electron chi connectivity index (χ1n) is 7.92. The van der Waals surface area contributed by atoms with Gasteiger partial charge in [0.15, 0.2) is 0 Å². The van der Waals surface area contributed by atoms with Crippen molar-refractivity contribution in [2.75, 3.05) is 18.5 Å². The molecule has 2 heterocycles. The molecule has 0 aliphatic carbocycles. The number of pyridine rings is 1. The smallest absolute Gasteiger partial charge is 0.338 e. The Hall–Kier alpha value is -2.56. The Labute approximate surface area is 134 Å². The van der Waals surface area contributed by atoms with Crippen LogP contribution in [-0.2, 0) is 24.1 Å². The van der Waals surface area contributed by atoms with E-state index in [1.54, 1.807) is 23.6 Å². The number of aryl methyl sites for hydroxylation is 2. The molecule has 1 aromatic carbocycles. The maximum atomic E-state index is 12.0. The molecule has 120 valence electrons. The van der Waals surface area contributed by atoms with Gasteiger partial charge in [0.05, 0.1) is 12.2 Å². The number of esters is 1. The van der Waals surface area contributed by atoms with Crippen molar-refractivity contribution in [2.45, 2.75) is 26.3 Å². The lowest BCUT2D eigenvalue weighted by atomic mass is 10.00. The van der Waals surface area contributed by atoms with E-state index in [4.69, 9.17) is 4.74 Å². The maximum Gasteiger partial charge on any atom is 0.338 e. The standard InChI is InChI=1S/C18H20N2O3/c1-2-23-18(22)15-6-4-3-5-13(15)7-8-14-9-10-16(21)20-12-11-19-17(14)20/h3-6,9-10,19H,2,7-8,11-12H2,1H3. The first-order chi connectivity index (χ1) is 11.2. The number of nitrogens with zero attached hydrogens (tertiary/aromatic N) is 1. The van der Waals surface area contributed by atoms with Crippen LogP contribution in [0.25, 0.3) is 0 Å². The van der Waals surface area contributed by atoms with E-state index in [9.17, 15) is 9.59 Å². The molecule has 0 atom stereocenters. The predicted octanol–water partition coefficient (Wildman–Crippen LogP) is 2.24. The van der Waals surface area contributed by atoms with Crippen LogP contribution >= 0.6 is 0 Å². The number of carbonyl (C=O) groups excluding carboxylic acids is 1. The average molecular weight is 312 g/mol. The summed E-state index contributed by atoms with van der Waals surface area (Å²) >= 11 is 0. The zero-order valence-corrected chi connectivity index (χ0v) is 13.2. The minimum atomic E-state index is -0.282. The molecule has 2 aromatic rings.